The number of hydrogen-bond acceptors (Lipinski definition) is 2. The van der Waals surface area contributed by atoms with Gasteiger partial charge >= 0.3 is 0 Å². The largest absolute Gasteiger partial charge is 0.298 e. The number of fused-ring (bicyclic) bond motifs is 2. The van der Waals surface area contributed by atoms with Gasteiger partial charge < -0.3 is 0 Å². The Hall–Kier alpha value is -2.62. The van der Waals surface area contributed by atoms with E-state index in [2.05, 4.69) is 0 Å². The molecule has 3 aromatic carbocycles. The Labute approximate surface area is 112 Å². The van der Waals surface area contributed by atoms with Gasteiger partial charge in [0, 0.05) is 21.9 Å². The summed E-state index contributed by atoms with van der Waals surface area (Å²) in [5, 5.41) is 0.560. The van der Waals surface area contributed by atoms with E-state index in [1.807, 2.05) is 0 Å². The maximum atomic E-state index is 14.0. The van der Waals surface area contributed by atoms with Gasteiger partial charge in [-0.1, -0.05) is 24.3 Å². The number of hydrogen-bond donors (Lipinski definition) is 0. The predicted molar refractivity (Wildman–Crippen MR) is 72.1 cm³/mol. The van der Waals surface area contributed by atoms with E-state index >= 15 is 0 Å². The van der Waals surface area contributed by atoms with Gasteiger partial charge in [0.25, 0.3) is 0 Å². The van der Waals surface area contributed by atoms with Crippen molar-refractivity contribution >= 4 is 34.1 Å². The first-order chi connectivity index (χ1) is 9.69. The molecule has 20 heavy (non-hydrogen) atoms. The third kappa shape index (κ3) is 1.54. The Bertz CT molecular complexity index is 796. The molecule has 3 aromatic rings. The van der Waals surface area contributed by atoms with Crippen LogP contribution in [-0.4, -0.2) is 12.6 Å². The van der Waals surface area contributed by atoms with Crippen LogP contribution in [0.2, 0.25) is 0 Å². The second kappa shape index (κ2) is 4.49. The second-order valence-electron chi connectivity index (χ2n) is 4.39. The summed E-state index contributed by atoms with van der Waals surface area (Å²) in [5.41, 5.74) is 0.108. The van der Waals surface area contributed by atoms with E-state index in [4.69, 9.17) is 0 Å². The standard InChI is InChI=1S/C16H8F2O2/c17-13-5-1-3-9-11(7-19)16-10(4-2-6-14(16)18)12(8-20)15(9)13/h1-8H. The summed E-state index contributed by atoms with van der Waals surface area (Å²) in [6.07, 6.45) is 0.976. The molecular formula is C16H8F2O2. The van der Waals surface area contributed by atoms with Crippen LogP contribution in [0.1, 0.15) is 20.7 Å². The number of aldehydes is 2. The number of benzene rings is 3. The SMILES string of the molecule is O=Cc1c2cccc(F)c2c(C=O)c2cccc(F)c12. The molecule has 0 aliphatic heterocycles. The van der Waals surface area contributed by atoms with Crippen molar-refractivity contribution in [2.75, 3.05) is 0 Å². The number of carbonyl (C=O) groups is 2. The smallest absolute Gasteiger partial charge is 0.151 e. The molecule has 0 bridgehead atoms. The quantitative estimate of drug-likeness (QED) is 0.523. The Morgan fingerprint density at radius 2 is 1.10 bits per heavy atom. The zero-order chi connectivity index (χ0) is 14.3. The molecule has 0 aliphatic carbocycles. The third-order valence-corrected chi connectivity index (χ3v) is 3.38. The van der Waals surface area contributed by atoms with Crippen LogP contribution in [0.3, 0.4) is 0 Å². The zero-order valence-corrected chi connectivity index (χ0v) is 10.2. The molecule has 3 rings (SSSR count). The lowest BCUT2D eigenvalue weighted by Crippen LogP contribution is -1.97. The predicted octanol–water partition coefficient (Wildman–Crippen LogP) is 3.90. The van der Waals surface area contributed by atoms with Gasteiger partial charge in [-0.3, -0.25) is 9.59 Å². The van der Waals surface area contributed by atoms with Crippen molar-refractivity contribution in [2.45, 2.75) is 0 Å². The number of rotatable bonds is 2. The van der Waals surface area contributed by atoms with Crippen molar-refractivity contribution in [1.82, 2.24) is 0 Å². The number of halogens is 2. The summed E-state index contributed by atoms with van der Waals surface area (Å²) in [7, 11) is 0. The molecule has 4 heteroatoms. The lowest BCUT2D eigenvalue weighted by Gasteiger charge is -2.11. The van der Waals surface area contributed by atoms with Crippen LogP contribution < -0.4 is 0 Å². The normalized spacial score (nSPS) is 10.9. The van der Waals surface area contributed by atoms with Crippen molar-refractivity contribution in [3.8, 4) is 0 Å². The van der Waals surface area contributed by atoms with Gasteiger partial charge in [-0.15, -0.1) is 0 Å². The molecule has 0 spiro atoms. The molecular weight excluding hydrogens is 262 g/mol. The average molecular weight is 270 g/mol. The summed E-state index contributed by atoms with van der Waals surface area (Å²) in [4.78, 5) is 22.6. The van der Waals surface area contributed by atoms with E-state index in [1.54, 1.807) is 0 Å². The molecule has 0 saturated carbocycles. The van der Waals surface area contributed by atoms with Gasteiger partial charge in [0.15, 0.2) is 12.6 Å². The lowest BCUT2D eigenvalue weighted by atomic mass is 9.92. The molecule has 0 saturated heterocycles. The molecule has 0 unspecified atom stereocenters. The molecule has 0 aliphatic rings. The fourth-order valence-electron chi connectivity index (χ4n) is 2.56. The summed E-state index contributed by atoms with van der Waals surface area (Å²) < 4.78 is 28.0. The van der Waals surface area contributed by atoms with Crippen molar-refractivity contribution in [2.24, 2.45) is 0 Å². The molecule has 0 atom stereocenters. The van der Waals surface area contributed by atoms with Crippen LogP contribution in [0.5, 0.6) is 0 Å². The molecule has 98 valence electrons. The highest BCUT2D eigenvalue weighted by Crippen LogP contribution is 2.33. The van der Waals surface area contributed by atoms with Gasteiger partial charge in [0.05, 0.1) is 0 Å². The first kappa shape index (κ1) is 12.4. The third-order valence-electron chi connectivity index (χ3n) is 3.38. The Morgan fingerprint density at radius 1 is 0.700 bits per heavy atom. The molecule has 0 N–H and O–H groups in total. The Balaban J connectivity index is 2.76. The van der Waals surface area contributed by atoms with E-state index in [-0.39, 0.29) is 32.7 Å². The second-order valence-corrected chi connectivity index (χ2v) is 4.39. The van der Waals surface area contributed by atoms with Gasteiger partial charge in [-0.2, -0.15) is 0 Å². The fraction of sp³-hybridized carbons (Fsp3) is 0. The van der Waals surface area contributed by atoms with Crippen LogP contribution in [-0.2, 0) is 0 Å². The highest BCUT2D eigenvalue weighted by molar-refractivity contribution is 6.20. The summed E-state index contributed by atoms with van der Waals surface area (Å²) in [5.74, 6) is -1.22. The van der Waals surface area contributed by atoms with Gasteiger partial charge in [0.1, 0.15) is 11.6 Å². The topological polar surface area (TPSA) is 34.1 Å². The average Bonchev–Trinajstić information content (AvgIpc) is 2.46. The van der Waals surface area contributed by atoms with E-state index in [0.717, 1.165) is 0 Å². The minimum Gasteiger partial charge on any atom is -0.298 e. The van der Waals surface area contributed by atoms with Crippen LogP contribution in [0.15, 0.2) is 36.4 Å². The molecule has 0 radical (unpaired) electrons. The minimum atomic E-state index is -0.612. The molecule has 2 nitrogen and oxygen atoms in total. The minimum absolute atomic E-state index is 0.0442. The summed E-state index contributed by atoms with van der Waals surface area (Å²) in [6, 6.07) is 8.25. The van der Waals surface area contributed by atoms with Crippen LogP contribution >= 0.6 is 0 Å². The van der Waals surface area contributed by atoms with Crippen LogP contribution in [0.25, 0.3) is 21.5 Å². The first-order valence-corrected chi connectivity index (χ1v) is 5.91. The zero-order valence-electron chi connectivity index (χ0n) is 10.2. The van der Waals surface area contributed by atoms with E-state index in [9.17, 15) is 18.4 Å². The summed E-state index contributed by atoms with van der Waals surface area (Å²) >= 11 is 0. The maximum absolute atomic E-state index is 14.0. The highest BCUT2D eigenvalue weighted by atomic mass is 19.1. The molecule has 0 fully saturated rings. The van der Waals surface area contributed by atoms with Gasteiger partial charge in [-0.05, 0) is 22.9 Å². The highest BCUT2D eigenvalue weighted by Gasteiger charge is 2.18. The number of carbonyl (C=O) groups excluding carboxylic acids is 2. The summed E-state index contributed by atoms with van der Waals surface area (Å²) in [6.45, 7) is 0. The van der Waals surface area contributed by atoms with E-state index < -0.39 is 11.6 Å². The maximum Gasteiger partial charge on any atom is 0.151 e. The Kier molecular flexibility index (Phi) is 2.79. The van der Waals surface area contributed by atoms with E-state index in [0.29, 0.717) is 12.6 Å². The van der Waals surface area contributed by atoms with Crippen molar-refractivity contribution in [3.63, 3.8) is 0 Å². The fourth-order valence-corrected chi connectivity index (χ4v) is 2.56. The monoisotopic (exact) mass is 270 g/mol. The lowest BCUT2D eigenvalue weighted by molar-refractivity contribution is 0.111. The van der Waals surface area contributed by atoms with Gasteiger partial charge in [0.2, 0.25) is 0 Å². The van der Waals surface area contributed by atoms with Crippen molar-refractivity contribution in [1.29, 1.82) is 0 Å². The molecule has 0 heterocycles. The van der Waals surface area contributed by atoms with Gasteiger partial charge in [-0.25, -0.2) is 8.78 Å². The van der Waals surface area contributed by atoms with E-state index in [1.165, 1.54) is 36.4 Å². The molecule has 0 amide bonds. The van der Waals surface area contributed by atoms with Crippen molar-refractivity contribution in [3.05, 3.63) is 59.2 Å². The van der Waals surface area contributed by atoms with Crippen molar-refractivity contribution < 1.29 is 18.4 Å². The van der Waals surface area contributed by atoms with Crippen LogP contribution in [0.4, 0.5) is 8.78 Å². The van der Waals surface area contributed by atoms with Crippen LogP contribution in [0, 0.1) is 11.6 Å². The first-order valence-electron chi connectivity index (χ1n) is 5.91. The molecule has 0 aromatic heterocycles. The Morgan fingerprint density at radius 3 is 1.45 bits per heavy atom.